The molecule has 1 atom stereocenters. The highest BCUT2D eigenvalue weighted by atomic mass is 16.3. The zero-order chi connectivity index (χ0) is 17.9. The highest BCUT2D eigenvalue weighted by molar-refractivity contribution is 5.75. The number of rotatable bonds is 5. The third-order valence-corrected chi connectivity index (χ3v) is 5.82. The Labute approximate surface area is 145 Å². The number of amides is 2. The van der Waals surface area contributed by atoms with Gasteiger partial charge in [-0.05, 0) is 44.9 Å². The first-order chi connectivity index (χ1) is 11.4. The fourth-order valence-electron chi connectivity index (χ4n) is 3.72. The quantitative estimate of drug-likeness (QED) is 0.868. The molecule has 1 aliphatic heterocycles. The van der Waals surface area contributed by atoms with Gasteiger partial charge in [0.25, 0.3) is 0 Å². The largest absolute Gasteiger partial charge is 0.396 e. The molecular weight excluding hydrogens is 304 g/mol. The van der Waals surface area contributed by atoms with Crippen molar-refractivity contribution in [2.45, 2.75) is 59.4 Å². The molecule has 0 radical (unpaired) electrons. The maximum atomic E-state index is 12.7. The number of hydrogen-bond donors (Lipinski definition) is 2. The monoisotopic (exact) mass is 336 g/mol. The van der Waals surface area contributed by atoms with Crippen molar-refractivity contribution in [1.82, 2.24) is 20.0 Å². The molecule has 6 nitrogen and oxygen atoms in total. The van der Waals surface area contributed by atoms with Crippen LogP contribution in [0.15, 0.2) is 0 Å². The molecule has 2 rings (SSSR count). The highest BCUT2D eigenvalue weighted by Crippen LogP contribution is 2.34. The Balaban J connectivity index is 2.03. The number of nitrogens with one attached hydrogen (secondary N) is 1. The van der Waals surface area contributed by atoms with E-state index < -0.39 is 0 Å². The van der Waals surface area contributed by atoms with E-state index in [1.54, 1.807) is 0 Å². The van der Waals surface area contributed by atoms with Gasteiger partial charge in [0, 0.05) is 38.0 Å². The first kappa shape index (κ1) is 18.8. The number of aliphatic hydroxyl groups excluding tert-OH is 1. The van der Waals surface area contributed by atoms with Gasteiger partial charge in [-0.25, -0.2) is 4.79 Å². The summed E-state index contributed by atoms with van der Waals surface area (Å²) in [7, 11) is 1.93. The van der Waals surface area contributed by atoms with Gasteiger partial charge in [0.2, 0.25) is 0 Å². The van der Waals surface area contributed by atoms with Crippen LogP contribution in [0, 0.1) is 19.3 Å². The average Bonchev–Trinajstić information content (AvgIpc) is 2.85. The summed E-state index contributed by atoms with van der Waals surface area (Å²) in [5.74, 6) is 0. The zero-order valence-corrected chi connectivity index (χ0v) is 15.7. The zero-order valence-electron chi connectivity index (χ0n) is 15.7. The van der Waals surface area contributed by atoms with Crippen molar-refractivity contribution in [1.29, 1.82) is 0 Å². The van der Waals surface area contributed by atoms with Crippen molar-refractivity contribution < 1.29 is 9.90 Å². The lowest BCUT2D eigenvalue weighted by Gasteiger charge is -2.40. The van der Waals surface area contributed by atoms with Gasteiger partial charge in [-0.1, -0.05) is 13.8 Å². The van der Waals surface area contributed by atoms with Crippen LogP contribution in [0.25, 0.3) is 0 Å². The summed E-state index contributed by atoms with van der Waals surface area (Å²) in [6.07, 6.45) is 3.54. The Morgan fingerprint density at radius 1 is 1.33 bits per heavy atom. The van der Waals surface area contributed by atoms with Crippen LogP contribution in [-0.4, -0.2) is 45.5 Å². The third kappa shape index (κ3) is 3.58. The normalized spacial score (nSPS) is 18.5. The third-order valence-electron chi connectivity index (χ3n) is 5.82. The number of nitrogens with zero attached hydrogens (tertiary/aromatic N) is 3. The van der Waals surface area contributed by atoms with Gasteiger partial charge in [0.15, 0.2) is 0 Å². The Morgan fingerprint density at radius 3 is 2.38 bits per heavy atom. The Bertz CT molecular complexity index is 568. The Morgan fingerprint density at radius 2 is 1.96 bits per heavy atom. The minimum absolute atomic E-state index is 0.00252. The smallest absolute Gasteiger partial charge is 0.317 e. The second kappa shape index (κ2) is 7.55. The predicted molar refractivity (Wildman–Crippen MR) is 94.9 cm³/mol. The van der Waals surface area contributed by atoms with Crippen LogP contribution < -0.4 is 5.32 Å². The lowest BCUT2D eigenvalue weighted by atomic mass is 9.77. The maximum Gasteiger partial charge on any atom is 0.317 e. The van der Waals surface area contributed by atoms with Gasteiger partial charge in [0.05, 0.1) is 11.7 Å². The molecule has 1 aromatic heterocycles. The van der Waals surface area contributed by atoms with Crippen molar-refractivity contribution in [3.8, 4) is 0 Å². The second-order valence-corrected chi connectivity index (χ2v) is 7.12. The van der Waals surface area contributed by atoms with E-state index in [-0.39, 0.29) is 24.1 Å². The van der Waals surface area contributed by atoms with Crippen molar-refractivity contribution in [2.24, 2.45) is 12.5 Å². The standard InChI is InChI=1S/C18H32N4O2/c1-6-15(16-13(3)20-21(5)14(16)4)19-17(24)22-10-8-18(7-2,12-23)9-11-22/h15,23H,6-12H2,1-5H3,(H,19,24). The molecule has 24 heavy (non-hydrogen) atoms. The summed E-state index contributed by atoms with van der Waals surface area (Å²) in [6, 6.07) is -0.0194. The summed E-state index contributed by atoms with van der Waals surface area (Å²) >= 11 is 0. The average molecular weight is 336 g/mol. The topological polar surface area (TPSA) is 70.4 Å². The van der Waals surface area contributed by atoms with Crippen LogP contribution >= 0.6 is 0 Å². The molecular formula is C18H32N4O2. The number of aryl methyl sites for hydroxylation is 2. The molecule has 1 fully saturated rings. The van der Waals surface area contributed by atoms with Crippen molar-refractivity contribution in [3.05, 3.63) is 17.0 Å². The van der Waals surface area contributed by atoms with Crippen LogP contribution in [0.1, 0.15) is 62.5 Å². The molecule has 2 N–H and O–H groups in total. The molecule has 0 bridgehead atoms. The number of hydrogen-bond acceptors (Lipinski definition) is 3. The number of piperidine rings is 1. The number of urea groups is 1. The van der Waals surface area contributed by atoms with Crippen molar-refractivity contribution in [3.63, 3.8) is 0 Å². The summed E-state index contributed by atoms with van der Waals surface area (Å²) in [4.78, 5) is 14.6. The van der Waals surface area contributed by atoms with E-state index in [1.165, 1.54) is 0 Å². The predicted octanol–water partition coefficient (Wildman–Crippen LogP) is 2.68. The van der Waals surface area contributed by atoms with E-state index in [9.17, 15) is 9.90 Å². The lowest BCUT2D eigenvalue weighted by Crippen LogP contribution is -2.49. The molecule has 0 spiro atoms. The van der Waals surface area contributed by atoms with Crippen LogP contribution in [-0.2, 0) is 7.05 Å². The summed E-state index contributed by atoms with van der Waals surface area (Å²) < 4.78 is 1.87. The minimum Gasteiger partial charge on any atom is -0.396 e. The van der Waals surface area contributed by atoms with E-state index in [0.29, 0.717) is 13.1 Å². The van der Waals surface area contributed by atoms with Gasteiger partial charge in [-0.15, -0.1) is 0 Å². The van der Waals surface area contributed by atoms with Crippen LogP contribution in [0.4, 0.5) is 4.79 Å². The Kier molecular flexibility index (Phi) is 5.91. The van der Waals surface area contributed by atoms with Crippen molar-refractivity contribution >= 4 is 6.03 Å². The molecule has 2 heterocycles. The Hall–Kier alpha value is -1.56. The SMILES string of the molecule is CCC(NC(=O)N1CCC(CC)(CO)CC1)c1c(C)nn(C)c1C. The molecule has 0 aliphatic carbocycles. The van der Waals surface area contributed by atoms with Crippen LogP contribution in [0.3, 0.4) is 0 Å². The second-order valence-electron chi connectivity index (χ2n) is 7.12. The number of aromatic nitrogens is 2. The minimum atomic E-state index is -0.0121. The number of aliphatic hydroxyl groups is 1. The van der Waals surface area contributed by atoms with E-state index in [0.717, 1.165) is 42.6 Å². The highest BCUT2D eigenvalue weighted by Gasteiger charge is 2.34. The lowest BCUT2D eigenvalue weighted by molar-refractivity contribution is 0.0514. The molecule has 6 heteroatoms. The first-order valence-electron chi connectivity index (χ1n) is 9.03. The molecule has 0 saturated carbocycles. The molecule has 1 aromatic rings. The van der Waals surface area contributed by atoms with E-state index in [1.807, 2.05) is 30.5 Å². The van der Waals surface area contributed by atoms with E-state index in [2.05, 4.69) is 24.3 Å². The summed E-state index contributed by atoms with van der Waals surface area (Å²) in [6.45, 7) is 9.87. The van der Waals surface area contributed by atoms with Gasteiger partial charge in [-0.3, -0.25) is 4.68 Å². The molecule has 1 unspecified atom stereocenters. The van der Waals surface area contributed by atoms with Gasteiger partial charge in [0.1, 0.15) is 0 Å². The molecule has 1 saturated heterocycles. The maximum absolute atomic E-state index is 12.7. The van der Waals surface area contributed by atoms with Gasteiger partial charge < -0.3 is 15.3 Å². The molecule has 0 aromatic carbocycles. The van der Waals surface area contributed by atoms with E-state index >= 15 is 0 Å². The fourth-order valence-corrected chi connectivity index (χ4v) is 3.72. The fraction of sp³-hybridized carbons (Fsp3) is 0.778. The summed E-state index contributed by atoms with van der Waals surface area (Å²) in [5, 5.41) is 17.3. The first-order valence-corrected chi connectivity index (χ1v) is 9.03. The number of carbonyl (C=O) groups is 1. The van der Waals surface area contributed by atoms with Gasteiger partial charge in [-0.2, -0.15) is 5.10 Å². The molecule has 2 amide bonds. The number of carbonyl (C=O) groups excluding carboxylic acids is 1. The molecule has 1 aliphatic rings. The van der Waals surface area contributed by atoms with Crippen molar-refractivity contribution in [2.75, 3.05) is 19.7 Å². The van der Waals surface area contributed by atoms with E-state index in [4.69, 9.17) is 0 Å². The van der Waals surface area contributed by atoms with Crippen LogP contribution in [0.2, 0.25) is 0 Å². The van der Waals surface area contributed by atoms with Crippen LogP contribution in [0.5, 0.6) is 0 Å². The van der Waals surface area contributed by atoms with Gasteiger partial charge >= 0.3 is 6.03 Å². The summed E-state index contributed by atoms with van der Waals surface area (Å²) in [5.41, 5.74) is 3.20. The molecule has 136 valence electrons. The number of likely N-dealkylation sites (tertiary alicyclic amines) is 1.